The number of carbonyl (C=O) groups is 2. The molecule has 1 atom stereocenters. The van der Waals surface area contributed by atoms with E-state index in [4.69, 9.17) is 0 Å². The van der Waals surface area contributed by atoms with E-state index in [1.807, 2.05) is 93.1 Å². The fraction of sp³-hybridized carbons (Fsp3) is 0.308. The van der Waals surface area contributed by atoms with Gasteiger partial charge in [-0.05, 0) is 45.6 Å². The Kier molecular flexibility index (Phi) is 5.65. The van der Waals surface area contributed by atoms with Gasteiger partial charge in [-0.1, -0.05) is 35.9 Å². The maximum atomic E-state index is 13.3. The van der Waals surface area contributed by atoms with Crippen LogP contribution in [0.15, 0.2) is 54.2 Å². The third-order valence-electron chi connectivity index (χ3n) is 6.20. The smallest absolute Gasteiger partial charge is 0.295 e. The highest BCUT2D eigenvalue weighted by Crippen LogP contribution is 2.42. The van der Waals surface area contributed by atoms with Crippen molar-refractivity contribution in [3.63, 3.8) is 0 Å². The lowest BCUT2D eigenvalue weighted by molar-refractivity contribution is -0.140. The number of fused-ring (bicyclic) bond motifs is 1. The second-order valence-corrected chi connectivity index (χ2v) is 8.83. The van der Waals surface area contributed by atoms with Gasteiger partial charge in [-0.25, -0.2) is 0 Å². The van der Waals surface area contributed by atoms with Crippen LogP contribution in [0.3, 0.4) is 0 Å². The minimum Gasteiger partial charge on any atom is -0.507 e. The number of hydrogen-bond donors (Lipinski definition) is 1. The number of Topliss-reactive ketones (excluding diaryl/α,β-unsaturated/α-hetero) is 1. The van der Waals surface area contributed by atoms with Gasteiger partial charge in [0.1, 0.15) is 5.76 Å². The molecule has 1 amide bonds. The SMILES string of the molecule is Cc1ccc(C)c(/C(O)=C2\C(=O)C(=O)N(CCN(C)C)C2c2cn(C)c3ccccc23)c1. The minimum atomic E-state index is -0.652. The fourth-order valence-corrected chi connectivity index (χ4v) is 4.47. The Morgan fingerprint density at radius 3 is 2.53 bits per heavy atom. The number of rotatable bonds is 5. The molecule has 6 nitrogen and oxygen atoms in total. The highest BCUT2D eigenvalue weighted by molar-refractivity contribution is 6.46. The summed E-state index contributed by atoms with van der Waals surface area (Å²) in [6.45, 7) is 4.82. The maximum absolute atomic E-state index is 13.3. The van der Waals surface area contributed by atoms with Gasteiger partial charge in [0.15, 0.2) is 0 Å². The van der Waals surface area contributed by atoms with E-state index in [1.165, 1.54) is 0 Å². The second kappa shape index (κ2) is 8.28. The zero-order chi connectivity index (χ0) is 23.2. The molecular formula is C26H29N3O3. The van der Waals surface area contributed by atoms with E-state index in [9.17, 15) is 14.7 Å². The lowest BCUT2D eigenvalue weighted by Crippen LogP contribution is -2.35. The van der Waals surface area contributed by atoms with E-state index in [2.05, 4.69) is 0 Å². The Hall–Kier alpha value is -3.38. The number of aliphatic hydroxyl groups excluding tert-OH is 1. The third kappa shape index (κ3) is 3.60. The first-order valence-corrected chi connectivity index (χ1v) is 10.8. The van der Waals surface area contributed by atoms with Gasteiger partial charge >= 0.3 is 0 Å². The lowest BCUT2D eigenvalue weighted by atomic mass is 9.93. The monoisotopic (exact) mass is 431 g/mol. The number of aromatic nitrogens is 1. The minimum absolute atomic E-state index is 0.116. The molecule has 1 aliphatic heterocycles. The molecule has 4 rings (SSSR count). The Balaban J connectivity index is 1.97. The molecule has 3 aromatic rings. The van der Waals surface area contributed by atoms with E-state index < -0.39 is 17.7 Å². The number of aliphatic hydroxyl groups is 1. The van der Waals surface area contributed by atoms with Crippen molar-refractivity contribution in [1.82, 2.24) is 14.4 Å². The molecule has 1 aliphatic rings. The number of para-hydroxylation sites is 1. The summed E-state index contributed by atoms with van der Waals surface area (Å²) in [5.41, 5.74) is 4.41. The number of nitrogens with zero attached hydrogens (tertiary/aromatic N) is 3. The molecule has 0 aliphatic carbocycles. The molecule has 0 bridgehead atoms. The first-order chi connectivity index (χ1) is 15.2. The quantitative estimate of drug-likeness (QED) is 0.379. The Bertz CT molecular complexity index is 1250. The standard InChI is InChI=1S/C26H29N3O3/c1-16-10-11-17(2)19(14-16)24(30)22-23(29(13-12-27(3)4)26(32)25(22)31)20-15-28(5)21-9-7-6-8-18(20)21/h6-11,14-15,23,30H,12-13H2,1-5H3/b24-22+. The van der Waals surface area contributed by atoms with Crippen LogP contribution in [0.4, 0.5) is 0 Å². The highest BCUT2D eigenvalue weighted by atomic mass is 16.3. The van der Waals surface area contributed by atoms with Crippen LogP contribution >= 0.6 is 0 Å². The molecule has 1 fully saturated rings. The van der Waals surface area contributed by atoms with Crippen molar-refractivity contribution < 1.29 is 14.7 Å². The van der Waals surface area contributed by atoms with Crippen LogP contribution in [0.25, 0.3) is 16.7 Å². The van der Waals surface area contributed by atoms with E-state index >= 15 is 0 Å². The number of likely N-dealkylation sites (tertiary alicyclic amines) is 1. The summed E-state index contributed by atoms with van der Waals surface area (Å²) >= 11 is 0. The molecular weight excluding hydrogens is 402 g/mol. The van der Waals surface area contributed by atoms with E-state index in [0.717, 1.165) is 27.6 Å². The average Bonchev–Trinajstić information content (AvgIpc) is 3.22. The first kappa shape index (κ1) is 21.8. The van der Waals surface area contributed by atoms with Crippen molar-refractivity contribution >= 4 is 28.4 Å². The Morgan fingerprint density at radius 1 is 1.09 bits per heavy atom. The number of amides is 1. The molecule has 6 heteroatoms. The topological polar surface area (TPSA) is 65.8 Å². The van der Waals surface area contributed by atoms with Crippen LogP contribution in [-0.4, -0.2) is 58.3 Å². The molecule has 0 spiro atoms. The van der Waals surface area contributed by atoms with Crippen LogP contribution in [0, 0.1) is 13.8 Å². The summed E-state index contributed by atoms with van der Waals surface area (Å²) in [4.78, 5) is 30.0. The summed E-state index contributed by atoms with van der Waals surface area (Å²) in [5, 5.41) is 12.3. The molecule has 1 N–H and O–H groups in total. The van der Waals surface area contributed by atoms with Gasteiger partial charge in [0.25, 0.3) is 11.7 Å². The molecule has 1 aromatic heterocycles. The Labute approximate surface area is 188 Å². The zero-order valence-electron chi connectivity index (χ0n) is 19.2. The second-order valence-electron chi connectivity index (χ2n) is 8.83. The number of carbonyl (C=O) groups excluding carboxylic acids is 2. The van der Waals surface area contributed by atoms with Crippen LogP contribution in [0.1, 0.15) is 28.3 Å². The van der Waals surface area contributed by atoms with Crippen molar-refractivity contribution in [2.45, 2.75) is 19.9 Å². The van der Waals surface area contributed by atoms with Crippen molar-refractivity contribution in [1.29, 1.82) is 0 Å². The van der Waals surface area contributed by atoms with Crippen molar-refractivity contribution in [2.24, 2.45) is 7.05 Å². The van der Waals surface area contributed by atoms with Gasteiger partial charge in [-0.15, -0.1) is 0 Å². The van der Waals surface area contributed by atoms with Crippen molar-refractivity contribution in [3.05, 3.63) is 76.5 Å². The zero-order valence-corrected chi connectivity index (χ0v) is 19.2. The summed E-state index contributed by atoms with van der Waals surface area (Å²) < 4.78 is 1.99. The summed E-state index contributed by atoms with van der Waals surface area (Å²) in [6, 6.07) is 13.0. The highest BCUT2D eigenvalue weighted by Gasteiger charge is 2.46. The number of ketones is 1. The fourth-order valence-electron chi connectivity index (χ4n) is 4.47. The maximum Gasteiger partial charge on any atom is 0.295 e. The van der Waals surface area contributed by atoms with Crippen LogP contribution in [0.2, 0.25) is 0 Å². The molecule has 0 saturated carbocycles. The van der Waals surface area contributed by atoms with Crippen LogP contribution in [-0.2, 0) is 16.6 Å². The lowest BCUT2D eigenvalue weighted by Gasteiger charge is -2.26. The van der Waals surface area contributed by atoms with E-state index in [1.54, 1.807) is 4.90 Å². The first-order valence-electron chi connectivity index (χ1n) is 10.8. The molecule has 166 valence electrons. The van der Waals surface area contributed by atoms with Gasteiger partial charge in [0.05, 0.1) is 11.6 Å². The van der Waals surface area contributed by atoms with Crippen molar-refractivity contribution in [3.8, 4) is 0 Å². The largest absolute Gasteiger partial charge is 0.507 e. The van der Waals surface area contributed by atoms with Gasteiger partial charge in [-0.2, -0.15) is 0 Å². The Morgan fingerprint density at radius 2 is 1.81 bits per heavy atom. The number of benzene rings is 2. The van der Waals surface area contributed by atoms with Gasteiger partial charge in [0, 0.05) is 48.4 Å². The summed E-state index contributed by atoms with van der Waals surface area (Å²) in [7, 11) is 5.81. The average molecular weight is 432 g/mol. The number of aryl methyl sites for hydroxylation is 3. The van der Waals surface area contributed by atoms with Crippen LogP contribution < -0.4 is 0 Å². The number of likely N-dealkylation sites (N-methyl/N-ethyl adjacent to an activating group) is 1. The number of hydrogen-bond acceptors (Lipinski definition) is 4. The van der Waals surface area contributed by atoms with Crippen molar-refractivity contribution in [2.75, 3.05) is 27.2 Å². The van der Waals surface area contributed by atoms with E-state index in [0.29, 0.717) is 18.7 Å². The predicted octanol–water partition coefficient (Wildman–Crippen LogP) is 3.78. The predicted molar refractivity (Wildman–Crippen MR) is 126 cm³/mol. The molecule has 1 saturated heterocycles. The van der Waals surface area contributed by atoms with Gasteiger partial charge in [0.2, 0.25) is 0 Å². The molecule has 0 radical (unpaired) electrons. The van der Waals surface area contributed by atoms with E-state index in [-0.39, 0.29) is 11.3 Å². The van der Waals surface area contributed by atoms with Gasteiger partial charge in [-0.3, -0.25) is 9.59 Å². The molecule has 2 aromatic carbocycles. The molecule has 32 heavy (non-hydrogen) atoms. The third-order valence-corrected chi connectivity index (χ3v) is 6.20. The van der Waals surface area contributed by atoms with Gasteiger partial charge < -0.3 is 19.5 Å². The normalized spacial score (nSPS) is 18.3. The summed E-state index contributed by atoms with van der Waals surface area (Å²) in [6.07, 6.45) is 1.96. The summed E-state index contributed by atoms with van der Waals surface area (Å²) in [5.74, 6) is -1.33. The molecule has 2 heterocycles. The molecule has 1 unspecified atom stereocenters. The van der Waals surface area contributed by atoms with Crippen LogP contribution in [0.5, 0.6) is 0 Å².